The van der Waals surface area contributed by atoms with Crippen molar-refractivity contribution in [1.29, 1.82) is 0 Å². The third-order valence-electron chi connectivity index (χ3n) is 18.2. The molecule has 2 aromatic carbocycles. The van der Waals surface area contributed by atoms with Crippen LogP contribution < -0.4 is 20.4 Å². The van der Waals surface area contributed by atoms with E-state index in [-0.39, 0.29) is 76.8 Å². The van der Waals surface area contributed by atoms with Gasteiger partial charge in [0.1, 0.15) is 44.4 Å². The first-order valence-electron chi connectivity index (χ1n) is 37.0. The summed E-state index contributed by atoms with van der Waals surface area (Å²) in [7, 11) is -0.965. The van der Waals surface area contributed by atoms with E-state index in [1.807, 2.05) is 83.4 Å². The van der Waals surface area contributed by atoms with E-state index in [1.54, 1.807) is 46.0 Å². The zero-order chi connectivity index (χ0) is 81.5. The molecule has 601 valence electrons. The van der Waals surface area contributed by atoms with Gasteiger partial charge in [0.05, 0.1) is 88.6 Å². The Morgan fingerprint density at radius 3 is 1.33 bits per heavy atom. The number of anilines is 2. The standard InChI is InChI=1S/C37H54BrFN6O5Si2.C37H55FN6O5Si2.C2H4O2.BHNS/c1-25(42-35(46)37(4)21-49-36(2,3)50-22-37)32-31(38)34(44(23-47-13-15-51(5,6)7)24-48-14-16-52(8,9)10)45-33(43-32)29(20-41-45)27-17-26-18-28(39)11-12-30(26)40-19-27;1-26(41-35(45)37(4)22-48-36(2,3)49-23-37)32-19-33(43(24-46-13-15-50(5,6)7)25-47-14-16-51(8,9)10)44-34(42-32)30(21-40-44)28-17-27-18-29(38)11-12-31(27)39-20-28;1-2(3)4;1-2-3/h11-12,17-20,25H,13-16,21-24H2,1-10H3,(H,42,46);11-12,17-21,26H,13-16,22-25H2,1-10H3,(H,41,45);1H3,(H,3,4);3H. The molecule has 1 radical (unpaired) electrons. The van der Waals surface area contributed by atoms with Crippen LogP contribution in [0.15, 0.2) is 88.2 Å². The zero-order valence-corrected chi connectivity index (χ0v) is 74.5. The second-order valence-electron chi connectivity index (χ2n) is 34.5. The molecule has 0 spiro atoms. The Bertz CT molecular complexity index is 4400. The van der Waals surface area contributed by atoms with Crippen LogP contribution in [0.1, 0.15) is 85.8 Å². The maximum atomic E-state index is 14.2. The maximum absolute atomic E-state index is 14.2. The fourth-order valence-corrected chi connectivity index (χ4v) is 14.9. The van der Waals surface area contributed by atoms with Crippen LogP contribution in [0, 0.1) is 22.5 Å². The molecule has 34 heteroatoms. The Hall–Kier alpha value is -6.39. The molecular formula is C76H114BBrF2N13O12SSi4. The number of carbonyl (C=O) groups excluding carboxylic acids is 2. The van der Waals surface area contributed by atoms with Gasteiger partial charge in [-0.05, 0) is 144 Å². The molecule has 10 rings (SSSR count). The first kappa shape index (κ1) is 90.8. The molecule has 8 aromatic rings. The number of carboxylic acid groups (broad SMARTS) is 1. The normalized spacial score (nSPS) is 16.0. The van der Waals surface area contributed by atoms with Crippen LogP contribution in [-0.2, 0) is 52.3 Å². The van der Waals surface area contributed by atoms with Crippen LogP contribution in [0.4, 0.5) is 20.4 Å². The van der Waals surface area contributed by atoms with Crippen LogP contribution in [0.3, 0.4) is 0 Å². The number of amides is 2. The van der Waals surface area contributed by atoms with E-state index in [2.05, 4.69) is 140 Å². The summed E-state index contributed by atoms with van der Waals surface area (Å²) in [6.45, 7) is 48.4. The van der Waals surface area contributed by atoms with Gasteiger partial charge in [-0.1, -0.05) is 78.6 Å². The number of halogens is 3. The van der Waals surface area contributed by atoms with E-state index in [4.69, 9.17) is 68.0 Å². The van der Waals surface area contributed by atoms with Crippen LogP contribution in [0.25, 0.3) is 55.4 Å². The van der Waals surface area contributed by atoms with Gasteiger partial charge < -0.3 is 63.4 Å². The number of fused-ring (bicyclic) bond motifs is 4. The number of aromatic nitrogens is 8. The minimum atomic E-state index is -1.34. The van der Waals surface area contributed by atoms with Crippen molar-refractivity contribution in [3.05, 3.63) is 107 Å². The summed E-state index contributed by atoms with van der Waals surface area (Å²) in [5, 5.41) is 24.7. The molecule has 2 aliphatic heterocycles. The summed E-state index contributed by atoms with van der Waals surface area (Å²) in [4.78, 5) is 59.9. The number of carboxylic acids is 1. The fourth-order valence-electron chi connectivity index (χ4n) is 11.0. The molecule has 3 N–H and O–H groups in total. The first-order chi connectivity index (χ1) is 51.2. The van der Waals surface area contributed by atoms with E-state index in [0.29, 0.717) is 92.6 Å². The number of aliphatic carboxylic acids is 1. The number of nitrogens with one attached hydrogen (secondary N) is 2. The first-order valence-corrected chi connectivity index (χ1v) is 53.0. The minimum absolute atomic E-state index is 0.190. The number of rotatable bonds is 30. The average molecular weight is 1670 g/mol. The Kier molecular flexibility index (Phi) is 31.9. The molecule has 2 atom stereocenters. The molecule has 2 aliphatic rings. The molecule has 25 nitrogen and oxygen atoms in total. The summed E-state index contributed by atoms with van der Waals surface area (Å²) in [5.41, 5.74) is 4.82. The van der Waals surface area contributed by atoms with Crippen molar-refractivity contribution in [3.63, 3.8) is 0 Å². The van der Waals surface area contributed by atoms with Crippen molar-refractivity contribution < 1.29 is 66.2 Å². The molecule has 2 fully saturated rings. The van der Waals surface area contributed by atoms with Crippen LogP contribution in [-0.4, -0.2) is 193 Å². The van der Waals surface area contributed by atoms with Crippen LogP contribution in [0.2, 0.25) is 103 Å². The van der Waals surface area contributed by atoms with Gasteiger partial charge in [-0.3, -0.25) is 24.4 Å². The summed E-state index contributed by atoms with van der Waals surface area (Å²) >= 11 is 7.08. The van der Waals surface area contributed by atoms with Gasteiger partial charge in [0.15, 0.2) is 28.7 Å². The van der Waals surface area contributed by atoms with Crippen molar-refractivity contribution in [1.82, 2.24) is 49.8 Å². The fraction of sp³-hybridized carbons (Fsp3) is 0.566. The quantitative estimate of drug-likeness (QED) is 0.0141. The second-order valence-corrected chi connectivity index (χ2v) is 58.0. The Morgan fingerprint density at radius 1 is 0.591 bits per heavy atom. The molecular weight excluding hydrogens is 1560 g/mol. The number of hydrogen-bond acceptors (Lipinski definition) is 21. The van der Waals surface area contributed by atoms with Gasteiger partial charge in [-0.15, -0.1) is 0 Å². The second kappa shape index (κ2) is 38.6. The number of thiol groups is 1. The third kappa shape index (κ3) is 26.9. The average Bonchev–Trinajstić information content (AvgIpc) is 1.55. The van der Waals surface area contributed by atoms with Crippen molar-refractivity contribution in [3.8, 4) is 22.3 Å². The van der Waals surface area contributed by atoms with E-state index < -0.39 is 72.8 Å². The van der Waals surface area contributed by atoms with Crippen molar-refractivity contribution in [2.24, 2.45) is 15.1 Å². The van der Waals surface area contributed by atoms with Gasteiger partial charge in [-0.25, -0.2) is 18.7 Å². The topological polar surface area (TPSA) is 274 Å². The Balaban J connectivity index is 0.000000282. The van der Waals surface area contributed by atoms with Gasteiger partial charge in [0.2, 0.25) is 11.8 Å². The number of benzene rings is 2. The number of nitrogens with zero attached hydrogens (tertiary/aromatic N) is 11. The van der Waals surface area contributed by atoms with E-state index in [9.17, 15) is 18.4 Å². The number of hydrogen-bond donors (Lipinski definition) is 4. The number of ether oxygens (including phenoxy) is 8. The van der Waals surface area contributed by atoms with Crippen molar-refractivity contribution in [2.75, 3.05) is 89.6 Å². The van der Waals surface area contributed by atoms with Gasteiger partial charge in [0.25, 0.3) is 5.97 Å². The van der Waals surface area contributed by atoms with Gasteiger partial charge >= 0.3 is 24.8 Å². The molecule has 2 amide bonds. The monoisotopic (exact) mass is 1670 g/mol. The predicted molar refractivity (Wildman–Crippen MR) is 448 cm³/mol. The molecule has 0 bridgehead atoms. The molecule has 2 unspecified atom stereocenters. The molecule has 8 heterocycles. The summed E-state index contributed by atoms with van der Waals surface area (Å²) < 4.78 is 84.0. The summed E-state index contributed by atoms with van der Waals surface area (Å²) in [6.07, 6.45) is 6.98. The Labute approximate surface area is 665 Å². The SMILES string of the molecule is CC(=O)O.CC(NC(=O)C1(C)COC(C)(C)OC1)c1cc(N(COCC[Si](C)(C)C)COCC[Si](C)(C)C)n2ncc(-c3cnc4ccc(F)cc4c3)c2n1.CC(NC(=O)C1(C)COC(C)(C)OC1)c1nc2c(-c3cnc4ccc(F)cc4c3)cnn2c(N(COCC[Si](C)(C)C)COCC[Si](C)(C)C)c1Br.[B]=NS. The molecule has 6 aromatic heterocycles. The van der Waals surface area contributed by atoms with E-state index in [1.165, 1.54) is 24.3 Å². The van der Waals surface area contributed by atoms with Gasteiger partial charge in [0, 0.05) is 117 Å². The molecule has 0 aliphatic carbocycles. The molecule has 110 heavy (non-hydrogen) atoms. The van der Waals surface area contributed by atoms with Crippen molar-refractivity contribution in [2.45, 2.75) is 189 Å². The predicted octanol–water partition coefficient (Wildman–Crippen LogP) is 16.0. The number of pyridine rings is 2. The summed E-state index contributed by atoms with van der Waals surface area (Å²) in [6, 6.07) is 17.8. The zero-order valence-electron chi connectivity index (χ0n) is 68.0. The Morgan fingerprint density at radius 2 is 0.945 bits per heavy atom. The van der Waals surface area contributed by atoms with Gasteiger partial charge in [-0.2, -0.15) is 19.2 Å². The van der Waals surface area contributed by atoms with Crippen LogP contribution >= 0.6 is 28.7 Å². The van der Waals surface area contributed by atoms with E-state index >= 15 is 0 Å². The molecule has 2 saturated heterocycles. The molecule has 0 saturated carbocycles. The number of carbonyl (C=O) groups is 3. The summed E-state index contributed by atoms with van der Waals surface area (Å²) in [5.74, 6) is -2.02. The third-order valence-corrected chi connectivity index (χ3v) is 25.7. The van der Waals surface area contributed by atoms with Crippen molar-refractivity contribution >= 4 is 131 Å². The van der Waals surface area contributed by atoms with E-state index in [0.717, 1.165) is 47.8 Å². The van der Waals surface area contributed by atoms with Crippen LogP contribution in [0.5, 0.6) is 0 Å².